The molecular formula is C28H36N2O4. The third kappa shape index (κ3) is 5.86. The maximum Gasteiger partial charge on any atom is 0.295 e. The average molecular weight is 465 g/mol. The fraction of sp³-hybridized carbons (Fsp3) is 0.429. The molecule has 0 aliphatic carbocycles. The molecule has 2 aromatic rings. The number of benzene rings is 2. The summed E-state index contributed by atoms with van der Waals surface area (Å²) < 4.78 is 5.78. The monoisotopic (exact) mass is 464 g/mol. The molecule has 1 aliphatic heterocycles. The minimum absolute atomic E-state index is 0.129. The Morgan fingerprint density at radius 3 is 2.41 bits per heavy atom. The van der Waals surface area contributed by atoms with E-state index in [1.54, 1.807) is 23.1 Å². The van der Waals surface area contributed by atoms with Crippen LogP contribution in [0.15, 0.2) is 60.2 Å². The Morgan fingerprint density at radius 2 is 1.74 bits per heavy atom. The summed E-state index contributed by atoms with van der Waals surface area (Å²) in [5.74, 6) is -0.751. The number of amides is 1. The van der Waals surface area contributed by atoms with Gasteiger partial charge in [-0.2, -0.15) is 0 Å². The van der Waals surface area contributed by atoms with E-state index in [0.29, 0.717) is 24.5 Å². The molecule has 0 bridgehead atoms. The van der Waals surface area contributed by atoms with Crippen LogP contribution in [-0.4, -0.2) is 59.4 Å². The van der Waals surface area contributed by atoms with Gasteiger partial charge in [-0.3, -0.25) is 9.59 Å². The van der Waals surface area contributed by atoms with Crippen LogP contribution in [0.2, 0.25) is 0 Å². The molecule has 0 spiro atoms. The molecule has 1 unspecified atom stereocenters. The van der Waals surface area contributed by atoms with Crippen LogP contribution in [0, 0.1) is 0 Å². The molecule has 1 aliphatic rings. The summed E-state index contributed by atoms with van der Waals surface area (Å²) in [5, 5.41) is 11.3. The van der Waals surface area contributed by atoms with Crippen LogP contribution in [0.3, 0.4) is 0 Å². The maximum absolute atomic E-state index is 13.2. The highest BCUT2D eigenvalue weighted by Gasteiger charge is 2.45. The van der Waals surface area contributed by atoms with E-state index in [1.165, 1.54) is 0 Å². The lowest BCUT2D eigenvalue weighted by atomic mass is 9.95. The van der Waals surface area contributed by atoms with Gasteiger partial charge in [0.2, 0.25) is 0 Å². The quantitative estimate of drug-likeness (QED) is 0.207. The van der Waals surface area contributed by atoms with Crippen LogP contribution >= 0.6 is 0 Å². The summed E-state index contributed by atoms with van der Waals surface area (Å²) in [6.07, 6.45) is 2.70. The van der Waals surface area contributed by atoms with Gasteiger partial charge in [0.15, 0.2) is 0 Å². The number of carbonyl (C=O) groups excluding carboxylic acids is 2. The molecule has 2 aromatic carbocycles. The Hall–Kier alpha value is -3.12. The van der Waals surface area contributed by atoms with Crippen molar-refractivity contribution >= 4 is 17.4 Å². The predicted octanol–water partition coefficient (Wildman–Crippen LogP) is 5.02. The van der Waals surface area contributed by atoms with Crippen LogP contribution in [0.1, 0.15) is 57.2 Å². The number of carbonyl (C=O) groups is 2. The number of nitrogens with zero attached hydrogens (tertiary/aromatic N) is 2. The van der Waals surface area contributed by atoms with Gasteiger partial charge in [0.05, 0.1) is 18.2 Å². The van der Waals surface area contributed by atoms with Gasteiger partial charge >= 0.3 is 0 Å². The van der Waals surface area contributed by atoms with Crippen molar-refractivity contribution in [2.75, 3.05) is 32.8 Å². The third-order valence-electron chi connectivity index (χ3n) is 6.30. The van der Waals surface area contributed by atoms with Crippen molar-refractivity contribution in [3.05, 3.63) is 71.3 Å². The van der Waals surface area contributed by atoms with Crippen molar-refractivity contribution in [1.82, 2.24) is 9.80 Å². The molecule has 3 rings (SSSR count). The molecule has 1 N–H and O–H groups in total. The van der Waals surface area contributed by atoms with E-state index in [2.05, 4.69) is 25.7 Å². The second kappa shape index (κ2) is 12.4. The second-order valence-corrected chi connectivity index (χ2v) is 8.51. The van der Waals surface area contributed by atoms with Crippen LogP contribution < -0.4 is 4.74 Å². The summed E-state index contributed by atoms with van der Waals surface area (Å²) in [6, 6.07) is 15.9. The van der Waals surface area contributed by atoms with Crippen LogP contribution in [0.5, 0.6) is 5.75 Å². The van der Waals surface area contributed by atoms with Crippen molar-refractivity contribution in [2.45, 2.75) is 46.1 Å². The number of hydrogen-bond donors (Lipinski definition) is 1. The molecule has 0 saturated carbocycles. The van der Waals surface area contributed by atoms with Crippen molar-refractivity contribution < 1.29 is 19.4 Å². The van der Waals surface area contributed by atoms with E-state index in [4.69, 9.17) is 4.74 Å². The van der Waals surface area contributed by atoms with Crippen LogP contribution in [0.25, 0.3) is 5.76 Å². The predicted molar refractivity (Wildman–Crippen MR) is 135 cm³/mol. The number of unbranched alkanes of at least 4 members (excludes halogenated alkanes) is 1. The highest BCUT2D eigenvalue weighted by atomic mass is 16.5. The molecule has 0 aromatic heterocycles. The lowest BCUT2D eigenvalue weighted by Gasteiger charge is -2.26. The Balaban J connectivity index is 1.96. The molecule has 1 heterocycles. The molecule has 1 saturated heterocycles. The van der Waals surface area contributed by atoms with Gasteiger partial charge in [0, 0.05) is 12.1 Å². The number of ether oxygens (including phenoxy) is 1. The van der Waals surface area contributed by atoms with Gasteiger partial charge in [-0.1, -0.05) is 69.7 Å². The number of rotatable bonds is 12. The van der Waals surface area contributed by atoms with Gasteiger partial charge in [0.1, 0.15) is 11.5 Å². The van der Waals surface area contributed by atoms with E-state index < -0.39 is 17.7 Å². The molecule has 1 amide bonds. The van der Waals surface area contributed by atoms with Gasteiger partial charge < -0.3 is 19.6 Å². The summed E-state index contributed by atoms with van der Waals surface area (Å²) in [5.41, 5.74) is 1.40. The van der Waals surface area contributed by atoms with Crippen molar-refractivity contribution in [3.8, 4) is 5.75 Å². The summed E-state index contributed by atoms with van der Waals surface area (Å²) in [7, 11) is 0. The fourth-order valence-corrected chi connectivity index (χ4v) is 4.32. The first-order valence-corrected chi connectivity index (χ1v) is 12.3. The van der Waals surface area contributed by atoms with E-state index in [0.717, 1.165) is 44.5 Å². The molecule has 1 fully saturated rings. The zero-order valence-electron chi connectivity index (χ0n) is 20.5. The SMILES string of the molecule is CCCCOc1cccc(/C(O)=C2\C(=O)C(=O)N(CCCN(CC)CC)C2c2ccccc2)c1. The minimum Gasteiger partial charge on any atom is -0.507 e. The Bertz CT molecular complexity index is 998. The smallest absolute Gasteiger partial charge is 0.295 e. The first kappa shape index (κ1) is 25.5. The lowest BCUT2D eigenvalue weighted by Crippen LogP contribution is -2.33. The Kier molecular flexibility index (Phi) is 9.28. The first-order chi connectivity index (χ1) is 16.5. The number of likely N-dealkylation sites (tertiary alicyclic amines) is 1. The zero-order valence-corrected chi connectivity index (χ0v) is 20.5. The summed E-state index contributed by atoms with van der Waals surface area (Å²) in [6.45, 7) is 10.1. The van der Waals surface area contributed by atoms with Gasteiger partial charge in [-0.05, 0) is 50.2 Å². The molecule has 0 radical (unpaired) electrons. The largest absolute Gasteiger partial charge is 0.507 e. The number of ketones is 1. The van der Waals surface area contributed by atoms with Crippen molar-refractivity contribution in [3.63, 3.8) is 0 Å². The molecule has 6 heteroatoms. The molecular weight excluding hydrogens is 428 g/mol. The minimum atomic E-state index is -0.647. The summed E-state index contributed by atoms with van der Waals surface area (Å²) >= 11 is 0. The molecule has 34 heavy (non-hydrogen) atoms. The van der Waals surface area contributed by atoms with E-state index in [-0.39, 0.29) is 11.3 Å². The zero-order chi connectivity index (χ0) is 24.5. The maximum atomic E-state index is 13.2. The molecule has 182 valence electrons. The number of aliphatic hydroxyl groups excluding tert-OH is 1. The average Bonchev–Trinajstić information content (AvgIpc) is 3.12. The van der Waals surface area contributed by atoms with Crippen molar-refractivity contribution in [1.29, 1.82) is 0 Å². The summed E-state index contributed by atoms with van der Waals surface area (Å²) in [4.78, 5) is 30.1. The first-order valence-electron chi connectivity index (χ1n) is 12.3. The number of hydrogen-bond acceptors (Lipinski definition) is 5. The van der Waals surface area contributed by atoms with Crippen molar-refractivity contribution in [2.24, 2.45) is 0 Å². The number of Topliss-reactive ketones (excluding diaryl/α,β-unsaturated/α-hetero) is 1. The van der Waals surface area contributed by atoms with Gasteiger partial charge in [0.25, 0.3) is 11.7 Å². The fourth-order valence-electron chi connectivity index (χ4n) is 4.32. The van der Waals surface area contributed by atoms with Gasteiger partial charge in [-0.15, -0.1) is 0 Å². The van der Waals surface area contributed by atoms with Gasteiger partial charge in [-0.25, -0.2) is 0 Å². The number of aliphatic hydroxyl groups is 1. The van der Waals surface area contributed by atoms with Crippen LogP contribution in [0.4, 0.5) is 0 Å². The van der Waals surface area contributed by atoms with E-state index in [1.807, 2.05) is 36.4 Å². The normalized spacial score (nSPS) is 17.5. The highest BCUT2D eigenvalue weighted by Crippen LogP contribution is 2.39. The van der Waals surface area contributed by atoms with E-state index >= 15 is 0 Å². The van der Waals surface area contributed by atoms with Crippen LogP contribution in [-0.2, 0) is 9.59 Å². The topological polar surface area (TPSA) is 70.1 Å². The van der Waals surface area contributed by atoms with E-state index in [9.17, 15) is 14.7 Å². The lowest BCUT2D eigenvalue weighted by molar-refractivity contribution is -0.140. The molecule has 6 nitrogen and oxygen atoms in total. The standard InChI is InChI=1S/C28H36N2O4/c1-4-7-19-34-23-16-11-15-22(20-23)26(31)24-25(21-13-9-8-10-14-21)30(28(33)27(24)32)18-12-17-29(5-2)6-3/h8-11,13-16,20,25,31H,4-7,12,17-19H2,1-3H3/b26-24+. The second-order valence-electron chi connectivity index (χ2n) is 8.51. The highest BCUT2D eigenvalue weighted by molar-refractivity contribution is 6.46. The third-order valence-corrected chi connectivity index (χ3v) is 6.30. The Morgan fingerprint density at radius 1 is 1.00 bits per heavy atom. The molecule has 1 atom stereocenters. The Labute approximate surface area is 202 Å².